The summed E-state index contributed by atoms with van der Waals surface area (Å²) in [7, 11) is 1.32. The molecule has 0 spiro atoms. The average molecular weight is 434 g/mol. The van der Waals surface area contributed by atoms with E-state index in [1.807, 2.05) is 30.3 Å². The van der Waals surface area contributed by atoms with E-state index in [0.717, 1.165) is 10.9 Å². The molecule has 0 atom stereocenters. The second kappa shape index (κ2) is 9.06. The molecule has 31 heavy (non-hydrogen) atoms. The fraction of sp³-hybridized carbons (Fsp3) is 0.120. The van der Waals surface area contributed by atoms with Gasteiger partial charge < -0.3 is 14.5 Å². The van der Waals surface area contributed by atoms with Gasteiger partial charge in [0.15, 0.2) is 0 Å². The summed E-state index contributed by atoms with van der Waals surface area (Å²) in [6, 6.07) is 22.0. The molecule has 0 unspecified atom stereocenters. The summed E-state index contributed by atoms with van der Waals surface area (Å²) in [5.41, 5.74) is 3.17. The zero-order valence-electron chi connectivity index (χ0n) is 16.9. The van der Waals surface area contributed by atoms with E-state index in [2.05, 4.69) is 4.98 Å². The largest absolute Gasteiger partial charge is 0.489 e. The minimum Gasteiger partial charge on any atom is -0.489 e. The zero-order chi connectivity index (χ0) is 21.8. The van der Waals surface area contributed by atoms with Gasteiger partial charge in [-0.15, -0.1) is 0 Å². The van der Waals surface area contributed by atoms with Gasteiger partial charge in [0.25, 0.3) is 0 Å². The maximum Gasteiger partial charge on any atom is 0.310 e. The summed E-state index contributed by atoms with van der Waals surface area (Å²) >= 11 is 6.09. The Morgan fingerprint density at radius 1 is 0.968 bits per heavy atom. The SMILES string of the molecule is COC(=O)Cc1c(C(=O)c2ccc(OCc3ccccc3)cc2)[nH]c2cc(Cl)ccc12. The molecule has 156 valence electrons. The number of ketones is 1. The lowest BCUT2D eigenvalue weighted by atomic mass is 10.0. The number of halogens is 1. The van der Waals surface area contributed by atoms with Crippen LogP contribution in [0.25, 0.3) is 10.9 Å². The van der Waals surface area contributed by atoms with Gasteiger partial charge in [-0.25, -0.2) is 0 Å². The molecule has 3 aromatic carbocycles. The number of esters is 1. The number of ether oxygens (including phenoxy) is 2. The van der Waals surface area contributed by atoms with E-state index < -0.39 is 5.97 Å². The number of aromatic amines is 1. The molecule has 0 saturated heterocycles. The lowest BCUT2D eigenvalue weighted by molar-refractivity contribution is -0.139. The molecule has 5 nitrogen and oxygen atoms in total. The van der Waals surface area contributed by atoms with Crippen molar-refractivity contribution in [3.05, 3.63) is 100 Å². The Balaban J connectivity index is 1.59. The minimum atomic E-state index is -0.422. The number of fused-ring (bicyclic) bond motifs is 1. The topological polar surface area (TPSA) is 68.4 Å². The van der Waals surface area contributed by atoms with Gasteiger partial charge in [-0.1, -0.05) is 48.0 Å². The van der Waals surface area contributed by atoms with Gasteiger partial charge in [-0.3, -0.25) is 9.59 Å². The van der Waals surface area contributed by atoms with Crippen LogP contribution in [0.15, 0.2) is 72.8 Å². The standard InChI is InChI=1S/C25H20ClNO4/c1-30-23(28)14-21-20-12-9-18(26)13-22(20)27-24(21)25(29)17-7-10-19(11-8-17)31-15-16-5-3-2-4-6-16/h2-13,27H,14-15H2,1H3. The monoisotopic (exact) mass is 433 g/mol. The second-order valence-corrected chi connectivity index (χ2v) is 7.49. The first-order valence-electron chi connectivity index (χ1n) is 9.73. The molecule has 0 aliphatic rings. The van der Waals surface area contributed by atoms with E-state index in [-0.39, 0.29) is 12.2 Å². The first kappa shape index (κ1) is 20.7. The van der Waals surface area contributed by atoms with Crippen LogP contribution in [0.1, 0.15) is 27.2 Å². The van der Waals surface area contributed by atoms with E-state index in [9.17, 15) is 9.59 Å². The Hall–Kier alpha value is -3.57. The summed E-state index contributed by atoms with van der Waals surface area (Å²) in [5.74, 6) is 0.0222. The van der Waals surface area contributed by atoms with Crippen LogP contribution in [0.4, 0.5) is 0 Å². The van der Waals surface area contributed by atoms with E-state index in [1.165, 1.54) is 7.11 Å². The Morgan fingerprint density at radius 3 is 2.42 bits per heavy atom. The number of rotatable bonds is 7. The molecular formula is C25H20ClNO4. The highest BCUT2D eigenvalue weighted by molar-refractivity contribution is 6.31. The van der Waals surface area contributed by atoms with Crippen molar-refractivity contribution in [2.24, 2.45) is 0 Å². The third-order valence-corrected chi connectivity index (χ3v) is 5.24. The van der Waals surface area contributed by atoms with Crippen molar-refractivity contribution in [3.8, 4) is 5.75 Å². The molecule has 0 amide bonds. The smallest absolute Gasteiger partial charge is 0.310 e. The molecule has 0 saturated carbocycles. The van der Waals surface area contributed by atoms with Crippen LogP contribution in [0.5, 0.6) is 5.75 Å². The van der Waals surface area contributed by atoms with Crippen molar-refractivity contribution in [2.45, 2.75) is 13.0 Å². The highest BCUT2D eigenvalue weighted by Gasteiger charge is 2.21. The summed E-state index contributed by atoms with van der Waals surface area (Å²) in [6.45, 7) is 0.445. The molecular weight excluding hydrogens is 414 g/mol. The van der Waals surface area contributed by atoms with Crippen LogP contribution in [0.2, 0.25) is 5.02 Å². The molecule has 6 heteroatoms. The van der Waals surface area contributed by atoms with E-state index in [0.29, 0.717) is 39.7 Å². The van der Waals surface area contributed by atoms with Crippen LogP contribution < -0.4 is 4.74 Å². The summed E-state index contributed by atoms with van der Waals surface area (Å²) < 4.78 is 10.6. The summed E-state index contributed by atoms with van der Waals surface area (Å²) in [6.07, 6.45) is -0.0164. The first-order chi connectivity index (χ1) is 15.0. The van der Waals surface area contributed by atoms with E-state index >= 15 is 0 Å². The van der Waals surface area contributed by atoms with Crippen molar-refractivity contribution < 1.29 is 19.1 Å². The van der Waals surface area contributed by atoms with Crippen LogP contribution in [-0.2, 0) is 22.6 Å². The third-order valence-electron chi connectivity index (χ3n) is 5.01. The van der Waals surface area contributed by atoms with Crippen molar-refractivity contribution in [3.63, 3.8) is 0 Å². The number of carbonyl (C=O) groups excluding carboxylic acids is 2. The van der Waals surface area contributed by atoms with Crippen LogP contribution in [-0.4, -0.2) is 23.8 Å². The average Bonchev–Trinajstić information content (AvgIpc) is 3.15. The Labute approximate surface area is 184 Å². The van der Waals surface area contributed by atoms with Crippen molar-refractivity contribution in [1.82, 2.24) is 4.98 Å². The van der Waals surface area contributed by atoms with Gasteiger partial charge in [0.2, 0.25) is 5.78 Å². The highest BCUT2D eigenvalue weighted by Crippen LogP contribution is 2.28. The number of hydrogen-bond donors (Lipinski definition) is 1. The molecule has 1 aromatic heterocycles. The predicted octanol–water partition coefficient (Wildman–Crippen LogP) is 5.35. The number of benzene rings is 3. The molecule has 0 fully saturated rings. The maximum atomic E-state index is 13.2. The summed E-state index contributed by atoms with van der Waals surface area (Å²) in [4.78, 5) is 28.3. The fourth-order valence-corrected chi connectivity index (χ4v) is 3.58. The van der Waals surface area contributed by atoms with Crippen LogP contribution >= 0.6 is 11.6 Å². The minimum absolute atomic E-state index is 0.0164. The molecule has 1 heterocycles. The van der Waals surface area contributed by atoms with Crippen LogP contribution in [0.3, 0.4) is 0 Å². The number of aromatic nitrogens is 1. The molecule has 4 rings (SSSR count). The molecule has 1 N–H and O–H groups in total. The number of carbonyl (C=O) groups is 2. The zero-order valence-corrected chi connectivity index (χ0v) is 17.6. The lowest BCUT2D eigenvalue weighted by Crippen LogP contribution is -2.10. The van der Waals surface area contributed by atoms with Gasteiger partial charge in [-0.2, -0.15) is 0 Å². The van der Waals surface area contributed by atoms with Gasteiger partial charge in [0, 0.05) is 27.1 Å². The number of methoxy groups -OCH3 is 1. The number of hydrogen-bond acceptors (Lipinski definition) is 4. The van der Waals surface area contributed by atoms with Gasteiger partial charge >= 0.3 is 5.97 Å². The third kappa shape index (κ3) is 4.62. The molecule has 0 aliphatic heterocycles. The molecule has 0 radical (unpaired) electrons. The molecule has 0 bridgehead atoms. The quantitative estimate of drug-likeness (QED) is 0.315. The predicted molar refractivity (Wildman–Crippen MR) is 120 cm³/mol. The van der Waals surface area contributed by atoms with E-state index in [1.54, 1.807) is 42.5 Å². The number of H-pyrrole nitrogens is 1. The van der Waals surface area contributed by atoms with Crippen molar-refractivity contribution in [1.29, 1.82) is 0 Å². The molecule has 0 aliphatic carbocycles. The Bertz CT molecular complexity index is 1230. The lowest BCUT2D eigenvalue weighted by Gasteiger charge is -2.08. The van der Waals surface area contributed by atoms with Crippen LogP contribution in [0, 0.1) is 0 Å². The van der Waals surface area contributed by atoms with Gasteiger partial charge in [-0.05, 0) is 42.0 Å². The van der Waals surface area contributed by atoms with Gasteiger partial charge in [0.05, 0.1) is 19.2 Å². The Morgan fingerprint density at radius 2 is 1.71 bits per heavy atom. The Kier molecular flexibility index (Phi) is 6.05. The van der Waals surface area contributed by atoms with Crippen molar-refractivity contribution in [2.75, 3.05) is 7.11 Å². The highest BCUT2D eigenvalue weighted by atomic mass is 35.5. The first-order valence-corrected chi connectivity index (χ1v) is 10.1. The maximum absolute atomic E-state index is 13.2. The molecule has 4 aromatic rings. The normalized spacial score (nSPS) is 10.8. The van der Waals surface area contributed by atoms with E-state index in [4.69, 9.17) is 21.1 Å². The fourth-order valence-electron chi connectivity index (χ4n) is 3.41. The number of nitrogens with one attached hydrogen (secondary N) is 1. The second-order valence-electron chi connectivity index (χ2n) is 7.05. The van der Waals surface area contributed by atoms with Crippen molar-refractivity contribution >= 4 is 34.3 Å². The summed E-state index contributed by atoms with van der Waals surface area (Å²) in [5, 5.41) is 1.30. The van der Waals surface area contributed by atoms with Gasteiger partial charge in [0.1, 0.15) is 12.4 Å².